The highest BCUT2D eigenvalue weighted by atomic mass is 127. The largest absolute Gasteiger partial charge is 0.405 e. The van der Waals surface area contributed by atoms with Gasteiger partial charge in [0.1, 0.15) is 0 Å². The summed E-state index contributed by atoms with van der Waals surface area (Å²) in [5.74, 6) is 0. The second kappa shape index (κ2) is 6.04. The lowest BCUT2D eigenvalue weighted by Gasteiger charge is -2.05. The first kappa shape index (κ1) is 13.1. The third kappa shape index (κ3) is 2.75. The Hall–Kier alpha value is -1.30. The summed E-state index contributed by atoms with van der Waals surface area (Å²) in [5, 5.41) is 0. The molecule has 3 nitrogen and oxygen atoms in total. The van der Waals surface area contributed by atoms with Gasteiger partial charge in [-0.05, 0) is 42.0 Å². The topological polar surface area (TPSA) is 43.8 Å². The normalized spacial score (nSPS) is 12.7. The van der Waals surface area contributed by atoms with E-state index in [-0.39, 0.29) is 0 Å². The molecule has 0 amide bonds. The average Bonchev–Trinajstić information content (AvgIpc) is 2.76. The average molecular weight is 353 g/mol. The van der Waals surface area contributed by atoms with Gasteiger partial charge in [0.15, 0.2) is 0 Å². The summed E-state index contributed by atoms with van der Waals surface area (Å²) in [4.78, 5) is 4.39. The number of nitrogens with zero attached hydrogens (tertiary/aromatic N) is 2. The Labute approximate surface area is 121 Å². The summed E-state index contributed by atoms with van der Waals surface area (Å²) in [6.45, 7) is 0. The van der Waals surface area contributed by atoms with Gasteiger partial charge in [0.2, 0.25) is 0 Å². The zero-order chi connectivity index (χ0) is 13.0. The minimum Gasteiger partial charge on any atom is -0.405 e. The zero-order valence-corrected chi connectivity index (χ0v) is 12.5. The number of aryl methyl sites for hydroxylation is 1. The fourth-order valence-corrected chi connectivity index (χ4v) is 2.51. The van der Waals surface area contributed by atoms with Crippen LogP contribution in [0.25, 0.3) is 16.6 Å². The molecule has 4 heteroatoms. The van der Waals surface area contributed by atoms with Gasteiger partial charge in [-0.2, -0.15) is 0 Å². The molecular formula is C14H16IN3. The van der Waals surface area contributed by atoms with Crippen molar-refractivity contribution in [2.45, 2.75) is 6.42 Å². The number of halogens is 1. The van der Waals surface area contributed by atoms with E-state index < -0.39 is 0 Å². The maximum Gasteiger partial charge on any atom is 0.0955 e. The van der Waals surface area contributed by atoms with Crippen LogP contribution in [0.4, 0.5) is 0 Å². The number of allylic oxidation sites excluding steroid dienone is 3. The Balaban J connectivity index is 2.44. The van der Waals surface area contributed by atoms with Crippen molar-refractivity contribution >= 4 is 39.2 Å². The molecular weight excluding hydrogens is 337 g/mol. The molecule has 0 fully saturated rings. The molecule has 1 heterocycles. The Morgan fingerprint density at radius 1 is 1.50 bits per heavy atom. The summed E-state index contributed by atoms with van der Waals surface area (Å²) in [6, 6.07) is 6.40. The van der Waals surface area contributed by atoms with Gasteiger partial charge in [0, 0.05) is 11.5 Å². The number of benzene rings is 1. The van der Waals surface area contributed by atoms with Gasteiger partial charge in [-0.25, -0.2) is 4.98 Å². The van der Waals surface area contributed by atoms with Crippen LogP contribution >= 0.6 is 22.6 Å². The number of aromatic nitrogens is 2. The molecule has 18 heavy (non-hydrogen) atoms. The SMILES string of the molecule is Cn1cnc2cc(/C(=C/C=C\N)CCI)ccc21. The molecule has 0 unspecified atom stereocenters. The Morgan fingerprint density at radius 2 is 2.33 bits per heavy atom. The van der Waals surface area contributed by atoms with Crippen molar-refractivity contribution in [1.82, 2.24) is 9.55 Å². The van der Waals surface area contributed by atoms with E-state index in [0.29, 0.717) is 0 Å². The van der Waals surface area contributed by atoms with Crippen LogP contribution in [0.15, 0.2) is 42.9 Å². The quantitative estimate of drug-likeness (QED) is 0.521. The molecule has 0 saturated heterocycles. The van der Waals surface area contributed by atoms with Crippen LogP contribution in [0.1, 0.15) is 12.0 Å². The standard InChI is InChI=1S/C14H16IN3/c1-18-10-17-13-9-12(4-5-14(13)18)11(6-7-15)3-2-8-16/h2-5,8-10H,6-7,16H2,1H3/b8-2-,11-3+. The second-order valence-electron chi connectivity index (χ2n) is 4.07. The van der Waals surface area contributed by atoms with Gasteiger partial charge in [-0.1, -0.05) is 34.7 Å². The van der Waals surface area contributed by atoms with Crippen LogP contribution in [0.2, 0.25) is 0 Å². The first-order valence-electron chi connectivity index (χ1n) is 5.81. The molecule has 0 atom stereocenters. The maximum absolute atomic E-state index is 5.40. The Morgan fingerprint density at radius 3 is 3.06 bits per heavy atom. The molecule has 0 spiro atoms. The minimum atomic E-state index is 1.03. The van der Waals surface area contributed by atoms with Crippen molar-refractivity contribution in [1.29, 1.82) is 0 Å². The van der Waals surface area contributed by atoms with Crippen LogP contribution in [-0.2, 0) is 7.05 Å². The molecule has 0 saturated carbocycles. The maximum atomic E-state index is 5.40. The van der Waals surface area contributed by atoms with Gasteiger partial charge < -0.3 is 10.3 Å². The predicted molar refractivity (Wildman–Crippen MR) is 85.5 cm³/mol. The first-order chi connectivity index (χ1) is 8.76. The highest BCUT2D eigenvalue weighted by Gasteiger charge is 2.04. The summed E-state index contributed by atoms with van der Waals surface area (Å²) in [7, 11) is 2.01. The number of hydrogen-bond acceptors (Lipinski definition) is 2. The number of rotatable bonds is 4. The van der Waals surface area contributed by atoms with Crippen molar-refractivity contribution in [2.75, 3.05) is 4.43 Å². The van der Waals surface area contributed by atoms with Crippen molar-refractivity contribution < 1.29 is 0 Å². The molecule has 0 radical (unpaired) electrons. The third-order valence-corrected chi connectivity index (χ3v) is 3.41. The molecule has 0 aliphatic heterocycles. The summed E-state index contributed by atoms with van der Waals surface area (Å²) >= 11 is 2.39. The zero-order valence-electron chi connectivity index (χ0n) is 10.3. The molecule has 0 aliphatic carbocycles. The fraction of sp³-hybridized carbons (Fsp3) is 0.214. The number of hydrogen-bond donors (Lipinski definition) is 1. The van der Waals surface area contributed by atoms with E-state index in [0.717, 1.165) is 21.9 Å². The lowest BCUT2D eigenvalue weighted by atomic mass is 10.0. The van der Waals surface area contributed by atoms with E-state index in [9.17, 15) is 0 Å². The van der Waals surface area contributed by atoms with E-state index in [4.69, 9.17) is 5.73 Å². The minimum absolute atomic E-state index is 1.03. The van der Waals surface area contributed by atoms with Crippen LogP contribution < -0.4 is 5.73 Å². The van der Waals surface area contributed by atoms with Crippen molar-refractivity contribution in [2.24, 2.45) is 12.8 Å². The van der Waals surface area contributed by atoms with Crippen LogP contribution in [-0.4, -0.2) is 14.0 Å². The van der Waals surface area contributed by atoms with Gasteiger partial charge in [0.05, 0.1) is 17.4 Å². The molecule has 0 aliphatic rings. The highest BCUT2D eigenvalue weighted by molar-refractivity contribution is 14.1. The molecule has 2 N–H and O–H groups in total. The van der Waals surface area contributed by atoms with Gasteiger partial charge in [-0.15, -0.1) is 0 Å². The molecule has 2 rings (SSSR count). The van der Waals surface area contributed by atoms with E-state index in [2.05, 4.69) is 51.8 Å². The fourth-order valence-electron chi connectivity index (χ4n) is 1.93. The Kier molecular flexibility index (Phi) is 4.41. The second-order valence-corrected chi connectivity index (χ2v) is 5.15. The smallest absolute Gasteiger partial charge is 0.0955 e. The number of alkyl halides is 1. The number of fused-ring (bicyclic) bond motifs is 1. The van der Waals surface area contributed by atoms with Gasteiger partial charge in [0.25, 0.3) is 0 Å². The van der Waals surface area contributed by atoms with E-state index in [1.165, 1.54) is 11.1 Å². The van der Waals surface area contributed by atoms with Gasteiger partial charge >= 0.3 is 0 Å². The van der Waals surface area contributed by atoms with Crippen LogP contribution in [0.3, 0.4) is 0 Å². The number of imidazole rings is 1. The summed E-state index contributed by atoms with van der Waals surface area (Å²) in [6.07, 6.45) is 8.39. The number of nitrogens with two attached hydrogens (primary N) is 1. The van der Waals surface area contributed by atoms with Crippen molar-refractivity contribution in [3.63, 3.8) is 0 Å². The highest BCUT2D eigenvalue weighted by Crippen LogP contribution is 2.23. The summed E-state index contributed by atoms with van der Waals surface area (Å²) < 4.78 is 3.11. The molecule has 1 aromatic heterocycles. The summed E-state index contributed by atoms with van der Waals surface area (Å²) in [5.41, 5.74) is 10.1. The predicted octanol–water partition coefficient (Wildman–Crippen LogP) is 3.25. The molecule has 2 aromatic rings. The lowest BCUT2D eigenvalue weighted by Crippen LogP contribution is -1.88. The first-order valence-corrected chi connectivity index (χ1v) is 7.33. The van der Waals surface area contributed by atoms with Crippen LogP contribution in [0.5, 0.6) is 0 Å². The molecule has 0 bridgehead atoms. The van der Waals surface area contributed by atoms with E-state index in [1.54, 1.807) is 6.20 Å². The molecule has 94 valence electrons. The lowest BCUT2D eigenvalue weighted by molar-refractivity contribution is 0.947. The Bertz CT molecular complexity index is 596. The van der Waals surface area contributed by atoms with Gasteiger partial charge in [-0.3, -0.25) is 0 Å². The van der Waals surface area contributed by atoms with Crippen molar-refractivity contribution in [3.8, 4) is 0 Å². The van der Waals surface area contributed by atoms with Crippen LogP contribution in [0, 0.1) is 0 Å². The van der Waals surface area contributed by atoms with E-state index >= 15 is 0 Å². The van der Waals surface area contributed by atoms with Crippen molar-refractivity contribution in [3.05, 3.63) is 48.4 Å². The monoisotopic (exact) mass is 353 g/mol. The van der Waals surface area contributed by atoms with E-state index in [1.807, 2.05) is 24.0 Å². The molecule has 1 aromatic carbocycles. The third-order valence-electron chi connectivity index (χ3n) is 2.87.